The molecule has 4 heteroatoms. The van der Waals surface area contributed by atoms with Gasteiger partial charge < -0.3 is 10.1 Å². The van der Waals surface area contributed by atoms with E-state index in [1.165, 1.54) is 6.92 Å². The lowest BCUT2D eigenvalue weighted by atomic mass is 10.1. The Balaban J connectivity index is 2.14. The van der Waals surface area contributed by atoms with Crippen molar-refractivity contribution in [2.24, 2.45) is 0 Å². The maximum atomic E-state index is 12.5. The highest BCUT2D eigenvalue weighted by Gasteiger charge is 2.25. The van der Waals surface area contributed by atoms with Gasteiger partial charge in [-0.1, -0.05) is 60.7 Å². The van der Waals surface area contributed by atoms with Crippen LogP contribution in [0.2, 0.25) is 0 Å². The number of benzene rings is 2. The van der Waals surface area contributed by atoms with E-state index in [-0.39, 0.29) is 11.9 Å². The standard InChI is InChI=1S/C18H19NO3/c1-13(15-9-5-3-6-10-15)19-18(21)17(22-14(2)20)16-11-7-4-8-12-16/h3-13,17H,1-2H3,(H,19,21)/t13-,17+/m1/s1. The Labute approximate surface area is 130 Å². The number of carbonyl (C=O) groups excluding carboxylic acids is 2. The number of hydrogen-bond donors (Lipinski definition) is 1. The van der Waals surface area contributed by atoms with Crippen LogP contribution in [0.1, 0.15) is 37.1 Å². The van der Waals surface area contributed by atoms with Crippen LogP contribution in [-0.4, -0.2) is 11.9 Å². The molecular formula is C18H19NO3. The molecule has 0 heterocycles. The highest BCUT2D eigenvalue weighted by molar-refractivity contribution is 5.84. The van der Waals surface area contributed by atoms with Crippen LogP contribution in [0.4, 0.5) is 0 Å². The fraction of sp³-hybridized carbons (Fsp3) is 0.222. The SMILES string of the molecule is CC(=O)O[C@H](C(=O)N[C@H](C)c1ccccc1)c1ccccc1. The number of rotatable bonds is 5. The highest BCUT2D eigenvalue weighted by Crippen LogP contribution is 2.20. The molecule has 2 aromatic carbocycles. The number of ether oxygens (including phenoxy) is 1. The monoisotopic (exact) mass is 297 g/mol. The normalized spacial score (nSPS) is 13.0. The van der Waals surface area contributed by atoms with Gasteiger partial charge in [0.1, 0.15) is 0 Å². The van der Waals surface area contributed by atoms with E-state index in [4.69, 9.17) is 4.74 Å². The molecule has 22 heavy (non-hydrogen) atoms. The van der Waals surface area contributed by atoms with E-state index < -0.39 is 12.1 Å². The van der Waals surface area contributed by atoms with Crippen LogP contribution in [0.5, 0.6) is 0 Å². The zero-order valence-corrected chi connectivity index (χ0v) is 12.7. The van der Waals surface area contributed by atoms with E-state index in [1.54, 1.807) is 24.3 Å². The lowest BCUT2D eigenvalue weighted by Gasteiger charge is -2.20. The zero-order valence-electron chi connectivity index (χ0n) is 12.7. The van der Waals surface area contributed by atoms with Crippen molar-refractivity contribution in [3.8, 4) is 0 Å². The molecule has 0 aliphatic rings. The van der Waals surface area contributed by atoms with Crippen molar-refractivity contribution in [3.05, 3.63) is 71.8 Å². The van der Waals surface area contributed by atoms with Crippen molar-refractivity contribution < 1.29 is 14.3 Å². The summed E-state index contributed by atoms with van der Waals surface area (Å²) in [6, 6.07) is 18.4. The molecule has 0 saturated carbocycles. The molecule has 0 fully saturated rings. The van der Waals surface area contributed by atoms with Gasteiger partial charge in [-0.15, -0.1) is 0 Å². The van der Waals surface area contributed by atoms with E-state index >= 15 is 0 Å². The van der Waals surface area contributed by atoms with Crippen LogP contribution in [0, 0.1) is 0 Å². The van der Waals surface area contributed by atoms with E-state index in [0.29, 0.717) is 5.56 Å². The minimum Gasteiger partial charge on any atom is -0.447 e. The van der Waals surface area contributed by atoms with Crippen LogP contribution in [0.15, 0.2) is 60.7 Å². The van der Waals surface area contributed by atoms with Gasteiger partial charge in [0, 0.05) is 12.5 Å². The quantitative estimate of drug-likeness (QED) is 0.862. The number of amides is 1. The first kappa shape index (κ1) is 15.8. The lowest BCUT2D eigenvalue weighted by Crippen LogP contribution is -2.33. The Hall–Kier alpha value is -2.62. The van der Waals surface area contributed by atoms with Crippen molar-refractivity contribution in [2.45, 2.75) is 26.0 Å². The number of esters is 1. The maximum absolute atomic E-state index is 12.5. The summed E-state index contributed by atoms with van der Waals surface area (Å²) in [5.74, 6) is -0.825. The van der Waals surface area contributed by atoms with Gasteiger partial charge in [0.05, 0.1) is 6.04 Å². The van der Waals surface area contributed by atoms with Crippen molar-refractivity contribution in [1.29, 1.82) is 0 Å². The highest BCUT2D eigenvalue weighted by atomic mass is 16.5. The lowest BCUT2D eigenvalue weighted by molar-refractivity contribution is -0.154. The van der Waals surface area contributed by atoms with Crippen LogP contribution >= 0.6 is 0 Å². The van der Waals surface area contributed by atoms with Gasteiger partial charge in [0.25, 0.3) is 5.91 Å². The first-order valence-electron chi connectivity index (χ1n) is 7.15. The predicted molar refractivity (Wildman–Crippen MR) is 83.9 cm³/mol. The summed E-state index contributed by atoms with van der Waals surface area (Å²) < 4.78 is 5.18. The molecule has 2 aromatic rings. The smallest absolute Gasteiger partial charge is 0.303 e. The largest absolute Gasteiger partial charge is 0.447 e. The molecule has 0 radical (unpaired) electrons. The summed E-state index contributed by atoms with van der Waals surface area (Å²) in [7, 11) is 0. The average molecular weight is 297 g/mol. The van der Waals surface area contributed by atoms with Gasteiger partial charge in [0.15, 0.2) is 0 Å². The third-order valence-corrected chi connectivity index (χ3v) is 3.28. The first-order chi connectivity index (χ1) is 10.6. The first-order valence-corrected chi connectivity index (χ1v) is 7.15. The van der Waals surface area contributed by atoms with Crippen molar-refractivity contribution >= 4 is 11.9 Å². The van der Waals surface area contributed by atoms with Crippen molar-refractivity contribution in [3.63, 3.8) is 0 Å². The summed E-state index contributed by atoms with van der Waals surface area (Å²) in [5.41, 5.74) is 1.64. The molecule has 0 aromatic heterocycles. The summed E-state index contributed by atoms with van der Waals surface area (Å²) in [6.45, 7) is 3.19. The molecule has 4 nitrogen and oxygen atoms in total. The second-order valence-electron chi connectivity index (χ2n) is 5.04. The number of carbonyl (C=O) groups is 2. The average Bonchev–Trinajstić information content (AvgIpc) is 2.54. The van der Waals surface area contributed by atoms with Crippen LogP contribution in [0.3, 0.4) is 0 Å². The van der Waals surface area contributed by atoms with E-state index in [9.17, 15) is 9.59 Å². The number of nitrogens with one attached hydrogen (secondary N) is 1. The number of hydrogen-bond acceptors (Lipinski definition) is 3. The fourth-order valence-electron chi connectivity index (χ4n) is 2.18. The molecule has 0 spiro atoms. The van der Waals surface area contributed by atoms with Gasteiger partial charge >= 0.3 is 5.97 Å². The van der Waals surface area contributed by atoms with Gasteiger partial charge in [0.2, 0.25) is 6.10 Å². The van der Waals surface area contributed by atoms with Crippen molar-refractivity contribution in [1.82, 2.24) is 5.32 Å². The zero-order chi connectivity index (χ0) is 15.9. The minimum atomic E-state index is -0.940. The molecule has 2 rings (SSSR count). The Kier molecular flexibility index (Phi) is 5.31. The third-order valence-electron chi connectivity index (χ3n) is 3.28. The molecule has 2 atom stereocenters. The summed E-state index contributed by atoms with van der Waals surface area (Å²) in [5, 5.41) is 2.88. The van der Waals surface area contributed by atoms with Gasteiger partial charge in [-0.3, -0.25) is 9.59 Å². The third kappa shape index (κ3) is 4.19. The van der Waals surface area contributed by atoms with Gasteiger partial charge in [-0.25, -0.2) is 0 Å². The molecule has 0 saturated heterocycles. The van der Waals surface area contributed by atoms with Gasteiger partial charge in [-0.05, 0) is 12.5 Å². The maximum Gasteiger partial charge on any atom is 0.303 e. The van der Waals surface area contributed by atoms with E-state index in [0.717, 1.165) is 5.56 Å². The molecule has 1 amide bonds. The van der Waals surface area contributed by atoms with Gasteiger partial charge in [-0.2, -0.15) is 0 Å². The van der Waals surface area contributed by atoms with Crippen molar-refractivity contribution in [2.75, 3.05) is 0 Å². The predicted octanol–water partition coefficient (Wildman–Crippen LogP) is 3.17. The molecule has 114 valence electrons. The Morgan fingerprint density at radius 3 is 1.91 bits per heavy atom. The second kappa shape index (κ2) is 7.41. The fourth-order valence-corrected chi connectivity index (χ4v) is 2.18. The topological polar surface area (TPSA) is 55.4 Å². The van der Waals surface area contributed by atoms with E-state index in [2.05, 4.69) is 5.32 Å². The van der Waals surface area contributed by atoms with Crippen LogP contribution < -0.4 is 5.32 Å². The summed E-state index contributed by atoms with van der Waals surface area (Å²) in [4.78, 5) is 23.8. The molecule has 0 bridgehead atoms. The van der Waals surface area contributed by atoms with E-state index in [1.807, 2.05) is 43.3 Å². The Bertz CT molecular complexity index is 625. The minimum absolute atomic E-state index is 0.171. The Morgan fingerprint density at radius 2 is 1.41 bits per heavy atom. The summed E-state index contributed by atoms with van der Waals surface area (Å²) in [6.07, 6.45) is -0.940. The molecular weight excluding hydrogens is 278 g/mol. The molecule has 0 unspecified atom stereocenters. The van der Waals surface area contributed by atoms with Crippen LogP contribution in [0.25, 0.3) is 0 Å². The Morgan fingerprint density at radius 1 is 0.909 bits per heavy atom. The molecule has 0 aliphatic heterocycles. The second-order valence-corrected chi connectivity index (χ2v) is 5.04. The summed E-state index contributed by atoms with van der Waals surface area (Å²) >= 11 is 0. The molecule has 0 aliphatic carbocycles. The molecule has 1 N–H and O–H groups in total. The van der Waals surface area contributed by atoms with Crippen LogP contribution in [-0.2, 0) is 14.3 Å².